The van der Waals surface area contributed by atoms with E-state index in [1.807, 2.05) is 0 Å². The molecule has 100 valence electrons. The average Bonchev–Trinajstić information content (AvgIpc) is 2.27. The van der Waals surface area contributed by atoms with E-state index in [0.29, 0.717) is 0 Å². The summed E-state index contributed by atoms with van der Waals surface area (Å²) in [6.07, 6.45) is -3.57. The monoisotopic (exact) mass is 265 g/mol. The SMILES string of the molecule is O=[N+]([O-])c1ccc(N(CCO)CC(F)(F)F)nc1. The van der Waals surface area contributed by atoms with Crippen LogP contribution in [0.5, 0.6) is 0 Å². The van der Waals surface area contributed by atoms with E-state index in [1.54, 1.807) is 0 Å². The second-order valence-electron chi connectivity index (χ2n) is 3.39. The number of anilines is 1. The number of aliphatic hydroxyl groups is 1. The summed E-state index contributed by atoms with van der Waals surface area (Å²) in [6, 6.07) is 2.17. The van der Waals surface area contributed by atoms with Crippen LogP contribution in [0.25, 0.3) is 0 Å². The van der Waals surface area contributed by atoms with Crippen molar-refractivity contribution in [3.8, 4) is 0 Å². The van der Waals surface area contributed by atoms with Crippen molar-refractivity contribution in [3.05, 3.63) is 28.4 Å². The van der Waals surface area contributed by atoms with E-state index in [4.69, 9.17) is 5.11 Å². The third kappa shape index (κ3) is 4.17. The number of nitro groups is 1. The second-order valence-corrected chi connectivity index (χ2v) is 3.39. The molecule has 6 nitrogen and oxygen atoms in total. The molecule has 0 saturated heterocycles. The summed E-state index contributed by atoms with van der Waals surface area (Å²) in [4.78, 5) is 14.0. The molecule has 0 unspecified atom stereocenters. The molecule has 9 heteroatoms. The fourth-order valence-electron chi connectivity index (χ4n) is 1.29. The number of aliphatic hydroxyl groups excluding tert-OH is 1. The first-order chi connectivity index (χ1) is 8.33. The number of halogens is 3. The van der Waals surface area contributed by atoms with Crippen LogP contribution in [-0.2, 0) is 0 Å². The lowest BCUT2D eigenvalue weighted by Gasteiger charge is -2.23. The van der Waals surface area contributed by atoms with Gasteiger partial charge >= 0.3 is 6.18 Å². The van der Waals surface area contributed by atoms with E-state index in [2.05, 4.69) is 4.98 Å². The van der Waals surface area contributed by atoms with E-state index in [1.165, 1.54) is 0 Å². The summed E-state index contributed by atoms with van der Waals surface area (Å²) in [6.45, 7) is -2.02. The van der Waals surface area contributed by atoms with Gasteiger partial charge in [-0.3, -0.25) is 10.1 Å². The zero-order valence-corrected chi connectivity index (χ0v) is 9.09. The van der Waals surface area contributed by atoms with E-state index < -0.39 is 24.3 Å². The minimum Gasteiger partial charge on any atom is -0.395 e. The van der Waals surface area contributed by atoms with Crippen LogP contribution in [0.2, 0.25) is 0 Å². The van der Waals surface area contributed by atoms with Gasteiger partial charge in [-0.05, 0) is 6.07 Å². The molecular weight excluding hydrogens is 255 g/mol. The first kappa shape index (κ1) is 14.2. The molecule has 1 N–H and O–H groups in total. The topological polar surface area (TPSA) is 79.5 Å². The van der Waals surface area contributed by atoms with Gasteiger partial charge < -0.3 is 10.0 Å². The summed E-state index contributed by atoms with van der Waals surface area (Å²) < 4.78 is 36.8. The van der Waals surface area contributed by atoms with Crippen molar-refractivity contribution in [1.29, 1.82) is 0 Å². The van der Waals surface area contributed by atoms with Gasteiger partial charge in [-0.1, -0.05) is 0 Å². The van der Waals surface area contributed by atoms with Gasteiger partial charge in [-0.2, -0.15) is 13.2 Å². The van der Waals surface area contributed by atoms with Crippen molar-refractivity contribution >= 4 is 11.5 Å². The lowest BCUT2D eigenvalue weighted by molar-refractivity contribution is -0.385. The minimum absolute atomic E-state index is 0.0769. The fraction of sp³-hybridized carbons (Fsp3) is 0.444. The Labute approximate surface area is 99.8 Å². The molecule has 1 aromatic rings. The van der Waals surface area contributed by atoms with Gasteiger partial charge in [-0.25, -0.2) is 4.98 Å². The summed E-state index contributed by atoms with van der Waals surface area (Å²) in [5.41, 5.74) is -0.310. The Hall–Kier alpha value is -1.90. The molecule has 0 amide bonds. The van der Waals surface area contributed by atoms with Gasteiger partial charge in [-0.15, -0.1) is 0 Å². The van der Waals surface area contributed by atoms with Crippen molar-refractivity contribution in [1.82, 2.24) is 4.98 Å². The minimum atomic E-state index is -4.45. The van der Waals surface area contributed by atoms with Crippen LogP contribution in [0.3, 0.4) is 0 Å². The summed E-state index contributed by atoms with van der Waals surface area (Å²) in [7, 11) is 0. The van der Waals surface area contributed by atoms with Crippen molar-refractivity contribution < 1.29 is 23.2 Å². The molecule has 1 aromatic heterocycles. The zero-order chi connectivity index (χ0) is 13.8. The highest BCUT2D eigenvalue weighted by Crippen LogP contribution is 2.21. The first-order valence-corrected chi connectivity index (χ1v) is 4.86. The Morgan fingerprint density at radius 1 is 1.44 bits per heavy atom. The number of hydrogen-bond donors (Lipinski definition) is 1. The number of hydrogen-bond acceptors (Lipinski definition) is 5. The maximum Gasteiger partial charge on any atom is 0.405 e. The van der Waals surface area contributed by atoms with Crippen LogP contribution < -0.4 is 4.90 Å². The number of pyridine rings is 1. The van der Waals surface area contributed by atoms with Crippen LogP contribution in [0.15, 0.2) is 18.3 Å². The van der Waals surface area contributed by atoms with Crippen LogP contribution in [-0.4, -0.2) is 40.9 Å². The normalized spacial score (nSPS) is 11.3. The molecule has 0 fully saturated rings. The lowest BCUT2D eigenvalue weighted by Crippen LogP contribution is -2.36. The average molecular weight is 265 g/mol. The van der Waals surface area contributed by atoms with E-state index in [9.17, 15) is 23.3 Å². The Bertz CT molecular complexity index is 408. The highest BCUT2D eigenvalue weighted by atomic mass is 19.4. The van der Waals surface area contributed by atoms with Gasteiger partial charge in [0.15, 0.2) is 0 Å². The quantitative estimate of drug-likeness (QED) is 0.642. The molecule has 0 spiro atoms. The molecule has 18 heavy (non-hydrogen) atoms. The van der Waals surface area contributed by atoms with Crippen molar-refractivity contribution in [2.24, 2.45) is 0 Å². The van der Waals surface area contributed by atoms with Gasteiger partial charge in [0.2, 0.25) is 0 Å². The van der Waals surface area contributed by atoms with Crippen LogP contribution in [0.4, 0.5) is 24.7 Å². The largest absolute Gasteiger partial charge is 0.405 e. The third-order valence-corrected chi connectivity index (χ3v) is 2.01. The second kappa shape index (κ2) is 5.63. The van der Waals surface area contributed by atoms with E-state index in [-0.39, 0.29) is 18.1 Å². The van der Waals surface area contributed by atoms with Crippen LogP contribution >= 0.6 is 0 Å². The molecule has 0 aliphatic carbocycles. The Morgan fingerprint density at radius 3 is 2.50 bits per heavy atom. The maximum atomic E-state index is 12.3. The van der Waals surface area contributed by atoms with Gasteiger partial charge in [0.05, 0.1) is 11.5 Å². The number of aromatic nitrogens is 1. The molecule has 1 heterocycles. The molecular formula is C9H10F3N3O3. The van der Waals surface area contributed by atoms with Crippen molar-refractivity contribution in [3.63, 3.8) is 0 Å². The predicted octanol–water partition coefficient (Wildman–Crippen LogP) is 1.35. The predicted molar refractivity (Wildman–Crippen MR) is 56.2 cm³/mol. The number of alkyl halides is 3. The summed E-state index contributed by atoms with van der Waals surface area (Å²) >= 11 is 0. The Kier molecular flexibility index (Phi) is 4.43. The molecule has 0 saturated carbocycles. The maximum absolute atomic E-state index is 12.3. The summed E-state index contributed by atoms with van der Waals surface area (Å²) in [5, 5.41) is 19.1. The highest BCUT2D eigenvalue weighted by molar-refractivity contribution is 5.43. The zero-order valence-electron chi connectivity index (χ0n) is 9.09. The van der Waals surface area contributed by atoms with Crippen molar-refractivity contribution in [2.45, 2.75) is 6.18 Å². The molecule has 0 aliphatic heterocycles. The van der Waals surface area contributed by atoms with E-state index >= 15 is 0 Å². The first-order valence-electron chi connectivity index (χ1n) is 4.86. The van der Waals surface area contributed by atoms with E-state index in [0.717, 1.165) is 23.2 Å². The molecule has 1 rings (SSSR count). The molecule has 0 aromatic carbocycles. The lowest BCUT2D eigenvalue weighted by atomic mass is 10.3. The summed E-state index contributed by atoms with van der Waals surface area (Å²) in [5.74, 6) is -0.0769. The molecule has 0 bridgehead atoms. The van der Waals surface area contributed by atoms with Gasteiger partial charge in [0.25, 0.3) is 5.69 Å². The molecule has 0 radical (unpaired) electrons. The van der Waals surface area contributed by atoms with Crippen LogP contribution in [0.1, 0.15) is 0 Å². The van der Waals surface area contributed by atoms with Crippen molar-refractivity contribution in [2.75, 3.05) is 24.6 Å². The Morgan fingerprint density at radius 2 is 2.11 bits per heavy atom. The Balaban J connectivity index is 2.88. The van der Waals surface area contributed by atoms with Crippen LogP contribution in [0, 0.1) is 10.1 Å². The standard InChI is InChI=1S/C9H10F3N3O3/c10-9(11,12)6-14(3-4-16)8-2-1-7(5-13-8)15(17)18/h1-2,5,16H,3-4,6H2. The smallest absolute Gasteiger partial charge is 0.395 e. The fourth-order valence-corrected chi connectivity index (χ4v) is 1.29. The molecule has 0 atom stereocenters. The number of nitrogens with zero attached hydrogens (tertiary/aromatic N) is 3. The van der Waals surface area contributed by atoms with Gasteiger partial charge in [0, 0.05) is 12.6 Å². The van der Waals surface area contributed by atoms with Gasteiger partial charge in [0.1, 0.15) is 18.6 Å². The number of rotatable bonds is 5. The highest BCUT2D eigenvalue weighted by Gasteiger charge is 2.31. The molecule has 0 aliphatic rings. The third-order valence-electron chi connectivity index (χ3n) is 2.01.